The Balaban J connectivity index is 1.79. The number of hydrogen-bond donors (Lipinski definition) is 1. The third-order valence-corrected chi connectivity index (χ3v) is 5.15. The first-order chi connectivity index (χ1) is 11.0. The molecule has 0 aliphatic carbocycles. The Labute approximate surface area is 136 Å². The lowest BCUT2D eigenvalue weighted by Crippen LogP contribution is -2.32. The molecule has 0 aliphatic heterocycles. The van der Waals surface area contributed by atoms with E-state index in [1.165, 1.54) is 17.6 Å². The van der Waals surface area contributed by atoms with E-state index in [4.69, 9.17) is 4.42 Å². The van der Waals surface area contributed by atoms with Gasteiger partial charge in [-0.25, -0.2) is 12.7 Å². The van der Waals surface area contributed by atoms with Crippen molar-refractivity contribution in [2.75, 3.05) is 12.8 Å². The van der Waals surface area contributed by atoms with Crippen LogP contribution in [0.25, 0.3) is 0 Å². The quantitative estimate of drug-likeness (QED) is 0.796. The van der Waals surface area contributed by atoms with Crippen LogP contribution in [0.4, 0.5) is 0 Å². The maximum absolute atomic E-state index is 12.2. The average molecular weight is 336 g/mol. The van der Waals surface area contributed by atoms with E-state index in [2.05, 4.69) is 5.32 Å². The predicted octanol–water partition coefficient (Wildman–Crippen LogP) is 1.75. The first-order valence-corrected chi connectivity index (χ1v) is 8.85. The molecule has 0 atom stereocenters. The number of sulfonamides is 1. The van der Waals surface area contributed by atoms with E-state index < -0.39 is 10.0 Å². The van der Waals surface area contributed by atoms with Crippen LogP contribution >= 0.6 is 0 Å². The van der Waals surface area contributed by atoms with Crippen LogP contribution < -0.4 is 5.32 Å². The molecule has 1 amide bonds. The minimum atomic E-state index is -3.48. The summed E-state index contributed by atoms with van der Waals surface area (Å²) in [6.45, 7) is 0.545. The van der Waals surface area contributed by atoms with E-state index in [-0.39, 0.29) is 31.2 Å². The van der Waals surface area contributed by atoms with Crippen LogP contribution in [-0.4, -0.2) is 31.4 Å². The van der Waals surface area contributed by atoms with Gasteiger partial charge in [0.1, 0.15) is 5.76 Å². The minimum Gasteiger partial charge on any atom is -0.467 e. The third kappa shape index (κ3) is 5.54. The van der Waals surface area contributed by atoms with Gasteiger partial charge in [-0.1, -0.05) is 30.3 Å². The number of rotatable bonds is 8. The van der Waals surface area contributed by atoms with Gasteiger partial charge in [-0.15, -0.1) is 0 Å². The summed E-state index contributed by atoms with van der Waals surface area (Å²) >= 11 is 0. The molecule has 0 fully saturated rings. The Morgan fingerprint density at radius 3 is 2.57 bits per heavy atom. The zero-order valence-corrected chi connectivity index (χ0v) is 13.8. The number of benzene rings is 1. The minimum absolute atomic E-state index is 0.0812. The van der Waals surface area contributed by atoms with Crippen molar-refractivity contribution in [3.63, 3.8) is 0 Å². The van der Waals surface area contributed by atoms with Gasteiger partial charge in [0, 0.05) is 20.0 Å². The van der Waals surface area contributed by atoms with Crippen LogP contribution in [0.2, 0.25) is 0 Å². The summed E-state index contributed by atoms with van der Waals surface area (Å²) in [4.78, 5) is 11.7. The maximum atomic E-state index is 12.2. The summed E-state index contributed by atoms with van der Waals surface area (Å²) in [6, 6.07) is 12.8. The largest absolute Gasteiger partial charge is 0.467 e. The number of carbonyl (C=O) groups is 1. The van der Waals surface area contributed by atoms with Crippen LogP contribution in [-0.2, 0) is 27.9 Å². The Kier molecular flexibility index (Phi) is 5.95. The van der Waals surface area contributed by atoms with E-state index in [1.807, 2.05) is 30.3 Å². The number of carbonyl (C=O) groups excluding carboxylic acids is 1. The summed E-state index contributed by atoms with van der Waals surface area (Å²) in [5.41, 5.74) is 0.904. The van der Waals surface area contributed by atoms with Crippen LogP contribution in [0, 0.1) is 0 Å². The standard InChI is InChI=1S/C16H20N2O4S/c1-18(13-14-6-3-2-4-7-14)23(20,21)11-9-16(19)17-12-15-8-5-10-22-15/h2-8,10H,9,11-13H2,1H3,(H,17,19). The molecular formula is C16H20N2O4S. The number of amides is 1. The fraction of sp³-hybridized carbons (Fsp3) is 0.312. The third-order valence-electron chi connectivity index (χ3n) is 3.35. The van der Waals surface area contributed by atoms with Gasteiger partial charge in [0.05, 0.1) is 18.6 Å². The Bertz CT molecular complexity index is 712. The molecule has 1 N–H and O–H groups in total. The van der Waals surface area contributed by atoms with Gasteiger partial charge in [-0.3, -0.25) is 4.79 Å². The lowest BCUT2D eigenvalue weighted by molar-refractivity contribution is -0.120. The van der Waals surface area contributed by atoms with Crippen molar-refractivity contribution >= 4 is 15.9 Å². The summed E-state index contributed by atoms with van der Waals surface area (Å²) in [5.74, 6) is 0.0841. The Hall–Kier alpha value is -2.12. The molecule has 6 nitrogen and oxygen atoms in total. The normalized spacial score (nSPS) is 11.6. The highest BCUT2D eigenvalue weighted by Gasteiger charge is 2.19. The molecule has 0 bridgehead atoms. The summed E-state index contributed by atoms with van der Waals surface area (Å²) in [5, 5.41) is 2.63. The van der Waals surface area contributed by atoms with Crippen molar-refractivity contribution in [1.82, 2.24) is 9.62 Å². The van der Waals surface area contributed by atoms with E-state index in [0.717, 1.165) is 5.56 Å². The van der Waals surface area contributed by atoms with E-state index in [1.54, 1.807) is 12.1 Å². The Morgan fingerprint density at radius 1 is 1.17 bits per heavy atom. The van der Waals surface area contributed by atoms with Crippen LogP contribution in [0.5, 0.6) is 0 Å². The van der Waals surface area contributed by atoms with Crippen molar-refractivity contribution in [1.29, 1.82) is 0 Å². The summed E-state index contributed by atoms with van der Waals surface area (Å²) in [6.07, 6.45) is 1.44. The molecule has 2 rings (SSSR count). The molecule has 0 radical (unpaired) electrons. The fourth-order valence-corrected chi connectivity index (χ4v) is 3.10. The highest BCUT2D eigenvalue weighted by atomic mass is 32.2. The van der Waals surface area contributed by atoms with Gasteiger partial charge in [0.2, 0.25) is 15.9 Å². The van der Waals surface area contributed by atoms with Crippen LogP contribution in [0.15, 0.2) is 53.1 Å². The molecule has 1 aromatic carbocycles. The molecule has 7 heteroatoms. The predicted molar refractivity (Wildman–Crippen MR) is 86.9 cm³/mol. The summed E-state index contributed by atoms with van der Waals surface area (Å²) in [7, 11) is -1.96. The second-order valence-electron chi connectivity index (χ2n) is 5.16. The van der Waals surface area contributed by atoms with E-state index in [0.29, 0.717) is 5.76 Å². The van der Waals surface area contributed by atoms with Crippen molar-refractivity contribution in [3.05, 3.63) is 60.1 Å². The molecule has 0 aliphatic rings. The zero-order valence-electron chi connectivity index (χ0n) is 12.9. The average Bonchev–Trinajstić information content (AvgIpc) is 3.05. The molecule has 0 saturated heterocycles. The monoisotopic (exact) mass is 336 g/mol. The Morgan fingerprint density at radius 2 is 1.91 bits per heavy atom. The highest BCUT2D eigenvalue weighted by molar-refractivity contribution is 7.89. The number of hydrogen-bond acceptors (Lipinski definition) is 4. The second kappa shape index (κ2) is 7.94. The van der Waals surface area contributed by atoms with Gasteiger partial charge in [-0.2, -0.15) is 0 Å². The van der Waals surface area contributed by atoms with Crippen molar-refractivity contribution in [2.45, 2.75) is 19.5 Å². The molecule has 2 aromatic rings. The van der Waals surface area contributed by atoms with Crippen LogP contribution in [0.1, 0.15) is 17.7 Å². The van der Waals surface area contributed by atoms with Gasteiger partial charge in [0.25, 0.3) is 0 Å². The molecule has 23 heavy (non-hydrogen) atoms. The smallest absolute Gasteiger partial charge is 0.221 e. The SMILES string of the molecule is CN(Cc1ccccc1)S(=O)(=O)CCC(=O)NCc1ccco1. The van der Waals surface area contributed by atoms with Gasteiger partial charge in [0.15, 0.2) is 0 Å². The molecule has 1 aromatic heterocycles. The summed E-state index contributed by atoms with van der Waals surface area (Å²) < 4.78 is 30.8. The van der Waals surface area contributed by atoms with Gasteiger partial charge in [-0.05, 0) is 17.7 Å². The van der Waals surface area contributed by atoms with E-state index in [9.17, 15) is 13.2 Å². The molecule has 1 heterocycles. The molecule has 0 saturated carbocycles. The topological polar surface area (TPSA) is 79.6 Å². The first-order valence-electron chi connectivity index (χ1n) is 7.24. The molecule has 0 spiro atoms. The van der Waals surface area contributed by atoms with Crippen molar-refractivity contribution in [3.8, 4) is 0 Å². The lowest BCUT2D eigenvalue weighted by atomic mass is 10.2. The zero-order chi connectivity index (χ0) is 16.7. The molecule has 124 valence electrons. The van der Waals surface area contributed by atoms with Gasteiger partial charge >= 0.3 is 0 Å². The molecule has 0 unspecified atom stereocenters. The van der Waals surface area contributed by atoms with E-state index >= 15 is 0 Å². The maximum Gasteiger partial charge on any atom is 0.221 e. The number of nitrogens with zero attached hydrogens (tertiary/aromatic N) is 1. The molecular weight excluding hydrogens is 316 g/mol. The van der Waals surface area contributed by atoms with Gasteiger partial charge < -0.3 is 9.73 Å². The fourth-order valence-electron chi connectivity index (χ4n) is 2.00. The van der Waals surface area contributed by atoms with Crippen molar-refractivity contribution in [2.24, 2.45) is 0 Å². The second-order valence-corrected chi connectivity index (χ2v) is 7.36. The van der Waals surface area contributed by atoms with Crippen molar-refractivity contribution < 1.29 is 17.6 Å². The lowest BCUT2D eigenvalue weighted by Gasteiger charge is -2.17. The highest BCUT2D eigenvalue weighted by Crippen LogP contribution is 2.08. The first kappa shape index (κ1) is 17.2. The number of nitrogens with one attached hydrogen (secondary N) is 1. The number of furan rings is 1. The van der Waals surface area contributed by atoms with Crippen LogP contribution in [0.3, 0.4) is 0 Å².